The van der Waals surface area contributed by atoms with Gasteiger partial charge in [0.1, 0.15) is 0 Å². The lowest BCUT2D eigenvalue weighted by atomic mass is 10.1. The van der Waals surface area contributed by atoms with E-state index in [1.54, 1.807) is 30.5 Å². The van der Waals surface area contributed by atoms with Gasteiger partial charge < -0.3 is 5.32 Å². The first-order valence-corrected chi connectivity index (χ1v) is 14.7. The van der Waals surface area contributed by atoms with Crippen molar-refractivity contribution in [1.82, 2.24) is 24.8 Å². The molecule has 204 valence electrons. The van der Waals surface area contributed by atoms with E-state index in [4.69, 9.17) is 0 Å². The lowest BCUT2D eigenvalue weighted by molar-refractivity contribution is -0.115. The standard InChI is InChI=1S/C29H29N7O3S/c1-40(38,39)19-22-11-13-23(14-12-22)32-28-31-16-15-24(33-28)18-30-20-36-26-10-6-5-9-25(26)34-29(36)35-27(37)17-21-7-3-2-4-8-21/h2-16,30H,17-20H2,1H3,(H,31,32,33)(H,34,35,37). The third kappa shape index (κ3) is 7.28. The summed E-state index contributed by atoms with van der Waals surface area (Å²) in [5, 5.41) is 9.48. The molecule has 0 aliphatic heterocycles. The fourth-order valence-corrected chi connectivity index (χ4v) is 5.05. The second-order valence-corrected chi connectivity index (χ2v) is 11.6. The van der Waals surface area contributed by atoms with Gasteiger partial charge in [0.05, 0.1) is 35.6 Å². The molecule has 0 saturated carbocycles. The SMILES string of the molecule is CS(=O)(=O)Cc1ccc(Nc2nccc(CNCn3c(NC(=O)Cc4ccccc4)nc4ccccc43)n2)cc1. The van der Waals surface area contributed by atoms with Crippen molar-refractivity contribution in [2.24, 2.45) is 0 Å². The molecule has 0 saturated heterocycles. The number of hydrogen-bond donors (Lipinski definition) is 3. The van der Waals surface area contributed by atoms with Crippen molar-refractivity contribution in [2.75, 3.05) is 16.9 Å². The highest BCUT2D eigenvalue weighted by molar-refractivity contribution is 7.89. The van der Waals surface area contributed by atoms with Crippen LogP contribution >= 0.6 is 0 Å². The summed E-state index contributed by atoms with van der Waals surface area (Å²) in [7, 11) is -3.09. The van der Waals surface area contributed by atoms with Crippen molar-refractivity contribution in [1.29, 1.82) is 0 Å². The van der Waals surface area contributed by atoms with Crippen molar-refractivity contribution in [3.05, 3.63) is 108 Å². The number of sulfone groups is 1. The van der Waals surface area contributed by atoms with E-state index in [1.165, 1.54) is 6.26 Å². The lowest BCUT2D eigenvalue weighted by Crippen LogP contribution is -2.23. The van der Waals surface area contributed by atoms with Crippen LogP contribution in [0.3, 0.4) is 0 Å². The van der Waals surface area contributed by atoms with E-state index in [0.29, 0.717) is 25.1 Å². The van der Waals surface area contributed by atoms with E-state index in [-0.39, 0.29) is 18.1 Å². The predicted octanol–water partition coefficient (Wildman–Crippen LogP) is 4.04. The van der Waals surface area contributed by atoms with E-state index >= 15 is 0 Å². The van der Waals surface area contributed by atoms with Gasteiger partial charge in [-0.3, -0.25) is 20.0 Å². The van der Waals surface area contributed by atoms with Gasteiger partial charge in [-0.1, -0.05) is 54.6 Å². The van der Waals surface area contributed by atoms with Crippen LogP contribution in [0.4, 0.5) is 17.6 Å². The van der Waals surface area contributed by atoms with Gasteiger partial charge in [0.15, 0.2) is 9.84 Å². The molecular weight excluding hydrogens is 526 g/mol. The average Bonchev–Trinajstić information content (AvgIpc) is 3.26. The van der Waals surface area contributed by atoms with Crippen LogP contribution < -0.4 is 16.0 Å². The molecule has 0 spiro atoms. The van der Waals surface area contributed by atoms with Gasteiger partial charge in [0.2, 0.25) is 17.8 Å². The summed E-state index contributed by atoms with van der Waals surface area (Å²) in [5.74, 6) is 0.755. The Morgan fingerprint density at radius 2 is 1.62 bits per heavy atom. The molecule has 11 heteroatoms. The van der Waals surface area contributed by atoms with Crippen molar-refractivity contribution >= 4 is 44.4 Å². The van der Waals surface area contributed by atoms with Crippen molar-refractivity contribution in [2.45, 2.75) is 25.4 Å². The molecule has 0 bridgehead atoms. The minimum Gasteiger partial charge on any atom is -0.324 e. The Morgan fingerprint density at radius 3 is 2.40 bits per heavy atom. The summed E-state index contributed by atoms with van der Waals surface area (Å²) in [5.41, 5.74) is 4.85. The Kier molecular flexibility index (Phi) is 8.13. The number of fused-ring (bicyclic) bond motifs is 1. The quantitative estimate of drug-likeness (QED) is 0.223. The van der Waals surface area contributed by atoms with Crippen LogP contribution in [0.5, 0.6) is 0 Å². The summed E-state index contributed by atoms with van der Waals surface area (Å²) < 4.78 is 24.9. The maximum atomic E-state index is 12.7. The minimum atomic E-state index is -3.09. The third-order valence-electron chi connectivity index (χ3n) is 6.04. The van der Waals surface area contributed by atoms with Gasteiger partial charge in [0, 0.05) is 24.7 Å². The highest BCUT2D eigenvalue weighted by atomic mass is 32.2. The number of carbonyl (C=O) groups excluding carboxylic acids is 1. The number of benzene rings is 3. The molecular formula is C29H29N7O3S. The Morgan fingerprint density at radius 1 is 0.875 bits per heavy atom. The fourth-order valence-electron chi connectivity index (χ4n) is 4.25. The molecule has 40 heavy (non-hydrogen) atoms. The molecule has 0 unspecified atom stereocenters. The Balaban J connectivity index is 1.23. The molecule has 3 aromatic carbocycles. The normalized spacial score (nSPS) is 11.4. The Labute approximate surface area is 232 Å². The number of imidazole rings is 1. The molecule has 10 nitrogen and oxygen atoms in total. The van der Waals surface area contributed by atoms with Gasteiger partial charge in [0.25, 0.3) is 0 Å². The van der Waals surface area contributed by atoms with Crippen LogP contribution in [0.2, 0.25) is 0 Å². The van der Waals surface area contributed by atoms with Gasteiger partial charge >= 0.3 is 0 Å². The van der Waals surface area contributed by atoms with E-state index in [9.17, 15) is 13.2 Å². The second kappa shape index (κ2) is 12.1. The highest BCUT2D eigenvalue weighted by Crippen LogP contribution is 2.20. The average molecular weight is 556 g/mol. The molecule has 5 aromatic rings. The van der Waals surface area contributed by atoms with Gasteiger partial charge in [-0.2, -0.15) is 0 Å². The minimum absolute atomic E-state index is 0.00441. The van der Waals surface area contributed by atoms with Crippen LogP contribution in [0.15, 0.2) is 91.1 Å². The van der Waals surface area contributed by atoms with Crippen LogP contribution in [0, 0.1) is 0 Å². The smallest absolute Gasteiger partial charge is 0.231 e. The molecule has 5 rings (SSSR count). The summed E-state index contributed by atoms with van der Waals surface area (Å²) in [6.45, 7) is 0.852. The van der Waals surface area contributed by atoms with E-state index < -0.39 is 9.84 Å². The van der Waals surface area contributed by atoms with Crippen LogP contribution in [-0.2, 0) is 40.0 Å². The summed E-state index contributed by atoms with van der Waals surface area (Å²) >= 11 is 0. The van der Waals surface area contributed by atoms with Crippen molar-refractivity contribution < 1.29 is 13.2 Å². The molecule has 0 aliphatic carbocycles. The third-order valence-corrected chi connectivity index (χ3v) is 6.90. The Bertz CT molecular complexity index is 1720. The number of amides is 1. The molecule has 2 aromatic heterocycles. The maximum Gasteiger partial charge on any atom is 0.231 e. The highest BCUT2D eigenvalue weighted by Gasteiger charge is 2.14. The van der Waals surface area contributed by atoms with Gasteiger partial charge in [-0.15, -0.1) is 0 Å². The predicted molar refractivity (Wildman–Crippen MR) is 156 cm³/mol. The molecule has 1 amide bonds. The monoisotopic (exact) mass is 555 g/mol. The number of para-hydroxylation sites is 2. The van der Waals surface area contributed by atoms with Gasteiger partial charge in [-0.25, -0.2) is 23.4 Å². The maximum absolute atomic E-state index is 12.7. The number of nitrogens with zero attached hydrogens (tertiary/aromatic N) is 4. The lowest BCUT2D eigenvalue weighted by Gasteiger charge is -2.12. The molecule has 2 heterocycles. The number of nitrogens with one attached hydrogen (secondary N) is 3. The zero-order chi connectivity index (χ0) is 28.0. The van der Waals surface area contributed by atoms with Gasteiger partial charge in [-0.05, 0) is 41.5 Å². The number of aromatic nitrogens is 4. The van der Waals surface area contributed by atoms with E-state index in [1.807, 2.05) is 65.2 Å². The molecule has 0 fully saturated rings. The number of carbonyl (C=O) groups is 1. The molecule has 3 N–H and O–H groups in total. The zero-order valence-corrected chi connectivity index (χ0v) is 22.7. The molecule has 0 radical (unpaired) electrons. The topological polar surface area (TPSA) is 131 Å². The summed E-state index contributed by atoms with van der Waals surface area (Å²) in [6.07, 6.45) is 3.14. The molecule has 0 atom stereocenters. The van der Waals surface area contributed by atoms with Crippen LogP contribution in [0.25, 0.3) is 11.0 Å². The number of hydrogen-bond acceptors (Lipinski definition) is 8. The fraction of sp³-hybridized carbons (Fsp3) is 0.172. The molecule has 0 aliphatic rings. The van der Waals surface area contributed by atoms with Crippen LogP contribution in [0.1, 0.15) is 16.8 Å². The first-order chi connectivity index (χ1) is 19.3. The Hall–Kier alpha value is -4.61. The first kappa shape index (κ1) is 27.0. The first-order valence-electron chi connectivity index (χ1n) is 12.7. The van der Waals surface area contributed by atoms with Crippen LogP contribution in [-0.4, -0.2) is 40.1 Å². The second-order valence-electron chi connectivity index (χ2n) is 9.41. The zero-order valence-electron chi connectivity index (χ0n) is 21.9. The largest absolute Gasteiger partial charge is 0.324 e. The van der Waals surface area contributed by atoms with Crippen molar-refractivity contribution in [3.63, 3.8) is 0 Å². The summed E-state index contributed by atoms with van der Waals surface area (Å²) in [6, 6.07) is 26.3. The number of anilines is 3. The number of rotatable bonds is 11. The van der Waals surface area contributed by atoms with Crippen molar-refractivity contribution in [3.8, 4) is 0 Å². The van der Waals surface area contributed by atoms with E-state index in [2.05, 4.69) is 30.9 Å². The summed E-state index contributed by atoms with van der Waals surface area (Å²) in [4.78, 5) is 26.2. The van der Waals surface area contributed by atoms with E-state index in [0.717, 1.165) is 33.5 Å².